The van der Waals surface area contributed by atoms with Gasteiger partial charge in [0.15, 0.2) is 0 Å². The Morgan fingerprint density at radius 2 is 1.95 bits per heavy atom. The van der Waals surface area contributed by atoms with Gasteiger partial charge in [-0.05, 0) is 80.5 Å². The fourth-order valence-electron chi connectivity index (χ4n) is 5.98. The average molecular weight is 272 g/mol. The Labute approximate surface area is 125 Å². The summed E-state index contributed by atoms with van der Waals surface area (Å²) in [6, 6.07) is 0. The Kier molecular flexibility index (Phi) is 3.63. The van der Waals surface area contributed by atoms with E-state index in [-0.39, 0.29) is 0 Å². The fraction of sp³-hybridized carbons (Fsp3) is 0.800. The van der Waals surface area contributed by atoms with Gasteiger partial charge in [0.05, 0.1) is 0 Å². The largest absolute Gasteiger partial charge is 0.0996 e. The number of hydrogen-bond donors (Lipinski definition) is 0. The molecule has 0 spiro atoms. The lowest BCUT2D eigenvalue weighted by Gasteiger charge is -2.42. The van der Waals surface area contributed by atoms with Gasteiger partial charge in [-0.15, -0.1) is 0 Å². The van der Waals surface area contributed by atoms with E-state index in [1.165, 1.54) is 38.5 Å². The number of allylic oxidation sites excluding steroid dienone is 3. The molecule has 5 atom stereocenters. The Hall–Kier alpha value is -0.520. The van der Waals surface area contributed by atoms with Crippen LogP contribution in [0.4, 0.5) is 0 Å². The third-order valence-electron chi connectivity index (χ3n) is 7.05. The van der Waals surface area contributed by atoms with Gasteiger partial charge in [0.1, 0.15) is 0 Å². The molecule has 2 fully saturated rings. The number of hydrogen-bond acceptors (Lipinski definition) is 0. The molecule has 0 nitrogen and oxygen atoms in total. The highest BCUT2D eigenvalue weighted by Gasteiger charge is 2.52. The molecule has 3 rings (SSSR count). The second kappa shape index (κ2) is 5.04. The van der Waals surface area contributed by atoms with Crippen LogP contribution in [0.25, 0.3) is 0 Å². The first-order chi connectivity index (χ1) is 9.43. The van der Waals surface area contributed by atoms with E-state index < -0.39 is 0 Å². The molecule has 0 saturated heterocycles. The lowest BCUT2D eigenvalue weighted by Crippen LogP contribution is -2.36. The van der Waals surface area contributed by atoms with E-state index in [4.69, 9.17) is 0 Å². The van der Waals surface area contributed by atoms with Crippen LogP contribution in [0, 0.1) is 35.0 Å². The van der Waals surface area contributed by atoms with Crippen molar-refractivity contribution >= 4 is 0 Å². The van der Waals surface area contributed by atoms with Gasteiger partial charge in [-0.25, -0.2) is 0 Å². The Morgan fingerprint density at radius 3 is 2.65 bits per heavy atom. The maximum atomic E-state index is 4.48. The Balaban J connectivity index is 1.99. The third-order valence-corrected chi connectivity index (χ3v) is 7.05. The van der Waals surface area contributed by atoms with E-state index in [1.807, 2.05) is 0 Å². The third kappa shape index (κ3) is 2.11. The smallest absolute Gasteiger partial charge is 0.0132 e. The summed E-state index contributed by atoms with van der Waals surface area (Å²) in [7, 11) is 0. The molecule has 112 valence electrons. The van der Waals surface area contributed by atoms with Crippen LogP contribution in [0.3, 0.4) is 0 Å². The maximum absolute atomic E-state index is 4.48. The van der Waals surface area contributed by atoms with E-state index in [0.29, 0.717) is 5.41 Å². The molecular formula is C20H32. The molecule has 0 amide bonds. The molecule has 3 aliphatic carbocycles. The van der Waals surface area contributed by atoms with Crippen LogP contribution in [0.15, 0.2) is 23.8 Å². The zero-order chi connectivity index (χ0) is 14.5. The summed E-state index contributed by atoms with van der Waals surface area (Å²) in [5, 5.41) is 0. The molecule has 3 aliphatic rings. The first-order valence-corrected chi connectivity index (χ1v) is 8.78. The second-order valence-corrected chi connectivity index (χ2v) is 8.43. The molecule has 0 aromatic rings. The molecule has 2 saturated carbocycles. The molecule has 0 aromatic heterocycles. The van der Waals surface area contributed by atoms with Gasteiger partial charge in [-0.1, -0.05) is 44.6 Å². The zero-order valence-corrected chi connectivity index (χ0v) is 13.9. The molecule has 1 unspecified atom stereocenters. The van der Waals surface area contributed by atoms with Crippen molar-refractivity contribution in [2.24, 2.45) is 35.0 Å². The van der Waals surface area contributed by atoms with E-state index in [0.717, 1.165) is 29.6 Å². The molecule has 20 heavy (non-hydrogen) atoms. The first-order valence-electron chi connectivity index (χ1n) is 8.78. The monoisotopic (exact) mass is 272 g/mol. The topological polar surface area (TPSA) is 0 Å². The van der Waals surface area contributed by atoms with Crippen molar-refractivity contribution in [1.29, 1.82) is 0 Å². The van der Waals surface area contributed by atoms with Gasteiger partial charge in [0.25, 0.3) is 0 Å². The maximum Gasteiger partial charge on any atom is -0.0132 e. The second-order valence-electron chi connectivity index (χ2n) is 8.43. The van der Waals surface area contributed by atoms with Crippen molar-refractivity contribution in [3.63, 3.8) is 0 Å². The van der Waals surface area contributed by atoms with E-state index >= 15 is 0 Å². The lowest BCUT2D eigenvalue weighted by atomic mass is 9.62. The fourth-order valence-corrected chi connectivity index (χ4v) is 5.98. The van der Waals surface area contributed by atoms with Gasteiger partial charge in [-0.3, -0.25) is 0 Å². The number of fused-ring (bicyclic) bond motifs is 3. The van der Waals surface area contributed by atoms with E-state index in [2.05, 4.69) is 40.3 Å². The summed E-state index contributed by atoms with van der Waals surface area (Å²) in [6.45, 7) is 14.3. The van der Waals surface area contributed by atoms with Crippen LogP contribution in [0.5, 0.6) is 0 Å². The quantitative estimate of drug-likeness (QED) is 0.514. The van der Waals surface area contributed by atoms with E-state index in [9.17, 15) is 0 Å². The Morgan fingerprint density at radius 1 is 1.20 bits per heavy atom. The standard InChI is InChI=1S/C20H32/c1-13(2)18-8-9-19-17-12-14(3)6-7-16(17)15(4)10-11-20(18,19)5/h12-13,16-19H,4,6-11H2,1-3,5H3/t16?,17-,18+,19+,20-/m0/s1. The predicted molar refractivity (Wildman–Crippen MR) is 87.5 cm³/mol. The molecule has 0 aromatic carbocycles. The van der Waals surface area contributed by atoms with Crippen molar-refractivity contribution in [3.05, 3.63) is 23.8 Å². The molecule has 0 bridgehead atoms. The minimum Gasteiger partial charge on any atom is -0.0996 e. The average Bonchev–Trinajstić information content (AvgIpc) is 2.69. The van der Waals surface area contributed by atoms with Gasteiger partial charge < -0.3 is 0 Å². The van der Waals surface area contributed by atoms with Gasteiger partial charge in [0, 0.05) is 0 Å². The minimum atomic E-state index is 0.560. The molecule has 0 heteroatoms. The van der Waals surface area contributed by atoms with Crippen molar-refractivity contribution < 1.29 is 0 Å². The molecular weight excluding hydrogens is 240 g/mol. The summed E-state index contributed by atoms with van der Waals surface area (Å²) in [5.74, 6) is 4.26. The van der Waals surface area contributed by atoms with Crippen molar-refractivity contribution in [1.82, 2.24) is 0 Å². The Bertz CT molecular complexity index is 427. The summed E-state index contributed by atoms with van der Waals surface area (Å²) < 4.78 is 0. The normalized spacial score (nSPS) is 44.9. The number of rotatable bonds is 1. The van der Waals surface area contributed by atoms with Crippen molar-refractivity contribution in [2.75, 3.05) is 0 Å². The summed E-state index contributed by atoms with van der Waals surface area (Å²) in [5.41, 5.74) is 3.76. The van der Waals surface area contributed by atoms with Gasteiger partial charge in [-0.2, -0.15) is 0 Å². The zero-order valence-electron chi connectivity index (χ0n) is 13.9. The lowest BCUT2D eigenvalue weighted by molar-refractivity contribution is 0.0837. The van der Waals surface area contributed by atoms with Gasteiger partial charge in [0.2, 0.25) is 0 Å². The van der Waals surface area contributed by atoms with Crippen LogP contribution in [-0.2, 0) is 0 Å². The molecule has 0 heterocycles. The van der Waals surface area contributed by atoms with Crippen molar-refractivity contribution in [2.45, 2.75) is 66.2 Å². The van der Waals surface area contributed by atoms with Crippen LogP contribution >= 0.6 is 0 Å². The van der Waals surface area contributed by atoms with Crippen LogP contribution in [0.1, 0.15) is 66.2 Å². The van der Waals surface area contributed by atoms with Crippen LogP contribution in [0.2, 0.25) is 0 Å². The van der Waals surface area contributed by atoms with E-state index in [1.54, 1.807) is 11.1 Å². The van der Waals surface area contributed by atoms with Crippen molar-refractivity contribution in [3.8, 4) is 0 Å². The van der Waals surface area contributed by atoms with Crippen LogP contribution < -0.4 is 0 Å². The minimum absolute atomic E-state index is 0.560. The first kappa shape index (κ1) is 14.4. The summed E-state index contributed by atoms with van der Waals surface area (Å²) >= 11 is 0. The van der Waals surface area contributed by atoms with Crippen LogP contribution in [-0.4, -0.2) is 0 Å². The highest BCUT2D eigenvalue weighted by atomic mass is 14.6. The highest BCUT2D eigenvalue weighted by molar-refractivity contribution is 5.21. The summed E-state index contributed by atoms with van der Waals surface area (Å²) in [4.78, 5) is 0. The SMILES string of the molecule is C=C1CC[C@@]2(C)[C@@H](C(C)C)CC[C@@H]2[C@H]2C=C(C)CCC12. The molecule has 0 aliphatic heterocycles. The molecule has 0 radical (unpaired) electrons. The van der Waals surface area contributed by atoms with Gasteiger partial charge >= 0.3 is 0 Å². The predicted octanol–water partition coefficient (Wildman–Crippen LogP) is 6.00. The summed E-state index contributed by atoms with van der Waals surface area (Å²) in [6.07, 6.45) is 10.9. The molecule has 0 N–H and O–H groups in total. The highest BCUT2D eigenvalue weighted by Crippen LogP contribution is 2.61.